The van der Waals surface area contributed by atoms with E-state index < -0.39 is 17.5 Å². The number of anilines is 4. The van der Waals surface area contributed by atoms with Gasteiger partial charge >= 0.3 is 0 Å². The lowest BCUT2D eigenvalue weighted by Gasteiger charge is -2.44. The summed E-state index contributed by atoms with van der Waals surface area (Å²) in [5.41, 5.74) is 6.66. The number of benzene rings is 2. The van der Waals surface area contributed by atoms with Crippen molar-refractivity contribution in [1.82, 2.24) is 24.8 Å². The van der Waals surface area contributed by atoms with Gasteiger partial charge < -0.3 is 26.2 Å². The van der Waals surface area contributed by atoms with Crippen LogP contribution in [0.1, 0.15) is 36.2 Å². The first-order valence-electron chi connectivity index (χ1n) is 13.5. The standard InChI is InChI=1S/C28H38ClF2N9O/c1-16-13-39(14-17(2)38(16)6)24-11-20(30)23(40-15-25(35-36-40)33-8-7-9-37(4)5)12-22(24)34-28(41)19-10-21(32)27(31)18(3)26(19)29/h10-12,15-17,33H,7-9,13-14,32H2,1-6H3,(H,34,41)/t16-,17+. The van der Waals surface area contributed by atoms with Gasteiger partial charge in [0.05, 0.1) is 33.8 Å². The molecule has 0 bridgehead atoms. The van der Waals surface area contributed by atoms with Crippen molar-refractivity contribution in [2.24, 2.45) is 0 Å². The third kappa shape index (κ3) is 6.71. The zero-order valence-corrected chi connectivity index (χ0v) is 25.1. The van der Waals surface area contributed by atoms with E-state index in [0.717, 1.165) is 13.0 Å². The van der Waals surface area contributed by atoms with Crippen LogP contribution in [0.15, 0.2) is 24.4 Å². The molecule has 0 aliphatic carbocycles. The van der Waals surface area contributed by atoms with Gasteiger partial charge in [-0.25, -0.2) is 13.5 Å². The lowest BCUT2D eigenvalue weighted by molar-refractivity contribution is 0.102. The number of halogens is 3. The zero-order chi connectivity index (χ0) is 30.0. The molecule has 4 rings (SSSR count). The summed E-state index contributed by atoms with van der Waals surface area (Å²) in [7, 11) is 6.06. The first-order chi connectivity index (χ1) is 19.4. The highest BCUT2D eigenvalue weighted by atomic mass is 35.5. The molecule has 1 amide bonds. The highest BCUT2D eigenvalue weighted by Crippen LogP contribution is 2.35. The number of nitrogen functional groups attached to an aromatic ring is 1. The fourth-order valence-corrected chi connectivity index (χ4v) is 5.14. The van der Waals surface area contributed by atoms with Crippen LogP contribution in [0.25, 0.3) is 5.69 Å². The molecule has 1 saturated heterocycles. The molecule has 2 heterocycles. The number of carbonyl (C=O) groups is 1. The van der Waals surface area contributed by atoms with Crippen LogP contribution in [-0.4, -0.2) is 90.1 Å². The van der Waals surface area contributed by atoms with Crippen molar-refractivity contribution in [3.8, 4) is 5.69 Å². The summed E-state index contributed by atoms with van der Waals surface area (Å²) < 4.78 is 31.3. The predicted molar refractivity (Wildman–Crippen MR) is 160 cm³/mol. The van der Waals surface area contributed by atoms with Gasteiger partial charge in [-0.05, 0) is 67.0 Å². The Kier molecular flexibility index (Phi) is 9.35. The Hall–Kier alpha value is -3.48. The number of rotatable bonds is 9. The summed E-state index contributed by atoms with van der Waals surface area (Å²) in [6, 6.07) is 4.50. The van der Waals surface area contributed by atoms with Gasteiger partial charge in [-0.3, -0.25) is 9.69 Å². The quantitative estimate of drug-likeness (QED) is 0.251. The number of nitrogens with two attached hydrogens (primary N) is 1. The van der Waals surface area contributed by atoms with Crippen molar-refractivity contribution in [3.63, 3.8) is 0 Å². The van der Waals surface area contributed by atoms with Gasteiger partial charge in [0.25, 0.3) is 5.91 Å². The topological polar surface area (TPSA) is 108 Å². The van der Waals surface area contributed by atoms with Gasteiger partial charge in [-0.15, -0.1) is 5.10 Å². The summed E-state index contributed by atoms with van der Waals surface area (Å²) in [5, 5.41) is 14.2. The number of likely N-dealkylation sites (N-methyl/N-ethyl adjacent to an activating group) is 1. The van der Waals surface area contributed by atoms with Crippen LogP contribution in [0, 0.1) is 18.6 Å². The van der Waals surface area contributed by atoms with Crippen LogP contribution >= 0.6 is 11.6 Å². The molecule has 13 heteroatoms. The molecule has 1 aromatic heterocycles. The van der Waals surface area contributed by atoms with Crippen molar-refractivity contribution in [3.05, 3.63) is 52.2 Å². The fourth-order valence-electron chi connectivity index (χ4n) is 4.92. The molecule has 0 radical (unpaired) electrons. The molecule has 0 unspecified atom stereocenters. The average Bonchev–Trinajstić information content (AvgIpc) is 3.39. The SMILES string of the molecule is Cc1c(F)c(N)cc(C(=O)Nc2cc(-n3cc(NCCCN(C)C)nn3)c(F)cc2N2C[C@@H](C)N(C)[C@@H](C)C2)c1Cl. The van der Waals surface area contributed by atoms with Gasteiger partial charge in [0.15, 0.2) is 17.5 Å². The van der Waals surface area contributed by atoms with E-state index >= 15 is 4.39 Å². The van der Waals surface area contributed by atoms with Crippen molar-refractivity contribution in [1.29, 1.82) is 0 Å². The lowest BCUT2D eigenvalue weighted by Crippen LogP contribution is -2.55. The monoisotopic (exact) mass is 589 g/mol. The Balaban J connectivity index is 1.70. The predicted octanol–water partition coefficient (Wildman–Crippen LogP) is 4.23. The third-order valence-electron chi connectivity index (χ3n) is 7.54. The number of aromatic nitrogens is 3. The summed E-state index contributed by atoms with van der Waals surface area (Å²) >= 11 is 6.33. The van der Waals surface area contributed by atoms with Gasteiger partial charge in [-0.1, -0.05) is 16.8 Å². The molecule has 0 spiro atoms. The maximum Gasteiger partial charge on any atom is 0.257 e. The van der Waals surface area contributed by atoms with E-state index in [-0.39, 0.29) is 39.6 Å². The minimum Gasteiger partial charge on any atom is -0.396 e. The number of nitrogens with zero attached hydrogens (tertiary/aromatic N) is 6. The Morgan fingerprint density at radius 3 is 2.51 bits per heavy atom. The largest absolute Gasteiger partial charge is 0.396 e. The summed E-state index contributed by atoms with van der Waals surface area (Å²) in [6.07, 6.45) is 2.50. The molecule has 41 heavy (non-hydrogen) atoms. The fraction of sp³-hybridized carbons (Fsp3) is 0.464. The number of hydrogen-bond donors (Lipinski definition) is 3. The van der Waals surface area contributed by atoms with Crippen LogP contribution in [0.3, 0.4) is 0 Å². The zero-order valence-electron chi connectivity index (χ0n) is 24.3. The molecule has 1 aliphatic rings. The van der Waals surface area contributed by atoms with Gasteiger partial charge in [-0.2, -0.15) is 0 Å². The maximum atomic E-state index is 15.7. The molecule has 1 aliphatic heterocycles. The second-order valence-electron chi connectivity index (χ2n) is 10.9. The first-order valence-corrected chi connectivity index (χ1v) is 13.9. The van der Waals surface area contributed by atoms with E-state index in [1.54, 1.807) is 6.20 Å². The van der Waals surface area contributed by atoms with E-state index in [4.69, 9.17) is 17.3 Å². The second kappa shape index (κ2) is 12.6. The van der Waals surface area contributed by atoms with Crippen LogP contribution in [0.5, 0.6) is 0 Å². The normalized spacial score (nSPS) is 17.8. The Morgan fingerprint density at radius 2 is 1.85 bits per heavy atom. The minimum atomic E-state index is -0.672. The molecular weight excluding hydrogens is 552 g/mol. The molecule has 2 aromatic carbocycles. The molecular formula is C28H38ClF2N9O. The summed E-state index contributed by atoms with van der Waals surface area (Å²) in [6.45, 7) is 8.48. The number of hydrogen-bond acceptors (Lipinski definition) is 8. The van der Waals surface area contributed by atoms with Crippen LogP contribution in [0.2, 0.25) is 5.02 Å². The van der Waals surface area contributed by atoms with Crippen molar-refractivity contribution < 1.29 is 13.6 Å². The van der Waals surface area contributed by atoms with Crippen LogP contribution in [-0.2, 0) is 0 Å². The molecule has 0 saturated carbocycles. The molecule has 3 aromatic rings. The number of piperazine rings is 1. The number of carbonyl (C=O) groups excluding carboxylic acids is 1. The molecule has 10 nitrogen and oxygen atoms in total. The Labute approximate surface area is 244 Å². The van der Waals surface area contributed by atoms with E-state index in [9.17, 15) is 9.18 Å². The first kappa shape index (κ1) is 30.5. The third-order valence-corrected chi connectivity index (χ3v) is 8.02. The van der Waals surface area contributed by atoms with E-state index in [2.05, 4.69) is 51.6 Å². The molecule has 2 atom stereocenters. The highest BCUT2D eigenvalue weighted by molar-refractivity contribution is 6.35. The summed E-state index contributed by atoms with van der Waals surface area (Å²) in [5.74, 6) is -1.29. The van der Waals surface area contributed by atoms with Gasteiger partial charge in [0.1, 0.15) is 5.69 Å². The number of amides is 1. The van der Waals surface area contributed by atoms with E-state index in [1.165, 1.54) is 29.8 Å². The van der Waals surface area contributed by atoms with E-state index in [1.807, 2.05) is 19.0 Å². The van der Waals surface area contributed by atoms with Crippen molar-refractivity contribution >= 4 is 40.4 Å². The smallest absolute Gasteiger partial charge is 0.257 e. The Morgan fingerprint density at radius 1 is 1.17 bits per heavy atom. The average molecular weight is 590 g/mol. The van der Waals surface area contributed by atoms with Crippen LogP contribution in [0.4, 0.5) is 31.7 Å². The van der Waals surface area contributed by atoms with Crippen molar-refractivity contribution in [2.75, 3.05) is 68.6 Å². The summed E-state index contributed by atoms with van der Waals surface area (Å²) in [4.78, 5) is 19.8. The molecule has 4 N–H and O–H groups in total. The lowest BCUT2D eigenvalue weighted by atomic mass is 10.1. The van der Waals surface area contributed by atoms with Gasteiger partial charge in [0.2, 0.25) is 0 Å². The van der Waals surface area contributed by atoms with Crippen molar-refractivity contribution in [2.45, 2.75) is 39.3 Å². The van der Waals surface area contributed by atoms with Crippen LogP contribution < -0.4 is 21.3 Å². The van der Waals surface area contributed by atoms with E-state index in [0.29, 0.717) is 36.8 Å². The molecule has 1 fully saturated rings. The maximum absolute atomic E-state index is 15.7. The minimum absolute atomic E-state index is 0.0185. The highest BCUT2D eigenvalue weighted by Gasteiger charge is 2.29. The van der Waals surface area contributed by atoms with Gasteiger partial charge in [0, 0.05) is 43.3 Å². The second-order valence-corrected chi connectivity index (χ2v) is 11.3. The molecule has 222 valence electrons. The number of nitrogens with one attached hydrogen (secondary N) is 2. The Bertz CT molecular complexity index is 1400.